The molecule has 2 aliphatic heterocycles. The normalized spacial score (nSPS) is 22.1. The quantitative estimate of drug-likeness (QED) is 0.817. The van der Waals surface area contributed by atoms with E-state index in [2.05, 4.69) is 0 Å². The Morgan fingerprint density at radius 1 is 1.04 bits per heavy atom. The monoisotopic (exact) mass is 368 g/mol. The van der Waals surface area contributed by atoms with Crippen molar-refractivity contribution in [3.05, 3.63) is 30.1 Å². The number of likely N-dealkylation sites (tertiary alicyclic amines) is 1. The van der Waals surface area contributed by atoms with Crippen LogP contribution < -0.4 is 0 Å². The Kier molecular flexibility index (Phi) is 5.08. The fourth-order valence-corrected chi connectivity index (χ4v) is 5.01. The largest absolute Gasteiger partial charge is 0.341 e. The standard InChI is InChI=1S/C17H21FN2O4S/c18-13-5-7-14(8-6-13)25(23,24)20-15(9-10-16(20)21)17(22)19-11-3-1-2-4-12-19/h5-8,15H,1-4,9-12H2. The van der Waals surface area contributed by atoms with E-state index in [4.69, 9.17) is 0 Å². The lowest BCUT2D eigenvalue weighted by Crippen LogP contribution is -2.49. The predicted molar refractivity (Wildman–Crippen MR) is 88.5 cm³/mol. The Labute approximate surface area is 146 Å². The van der Waals surface area contributed by atoms with Gasteiger partial charge in [-0.1, -0.05) is 12.8 Å². The van der Waals surface area contributed by atoms with Crippen LogP contribution in [0.1, 0.15) is 38.5 Å². The number of halogens is 1. The Morgan fingerprint density at radius 3 is 2.24 bits per heavy atom. The van der Waals surface area contributed by atoms with E-state index in [1.807, 2.05) is 0 Å². The summed E-state index contributed by atoms with van der Waals surface area (Å²) >= 11 is 0. The lowest BCUT2D eigenvalue weighted by molar-refractivity contribution is -0.137. The first kappa shape index (κ1) is 17.8. The van der Waals surface area contributed by atoms with Crippen molar-refractivity contribution in [2.24, 2.45) is 0 Å². The van der Waals surface area contributed by atoms with Crippen LogP contribution in [-0.4, -0.2) is 48.6 Å². The highest BCUT2D eigenvalue weighted by molar-refractivity contribution is 7.89. The average Bonchev–Trinajstić information content (AvgIpc) is 2.81. The van der Waals surface area contributed by atoms with Crippen molar-refractivity contribution in [3.8, 4) is 0 Å². The van der Waals surface area contributed by atoms with Gasteiger partial charge < -0.3 is 4.90 Å². The summed E-state index contributed by atoms with van der Waals surface area (Å²) in [6.07, 6.45) is 4.07. The van der Waals surface area contributed by atoms with E-state index < -0.39 is 27.8 Å². The molecule has 0 bridgehead atoms. The fourth-order valence-electron chi connectivity index (χ4n) is 3.41. The van der Waals surface area contributed by atoms with Crippen LogP contribution in [0.4, 0.5) is 4.39 Å². The van der Waals surface area contributed by atoms with Crippen LogP contribution in [0.15, 0.2) is 29.2 Å². The molecule has 0 N–H and O–H groups in total. The molecule has 1 aromatic rings. The maximum atomic E-state index is 13.1. The van der Waals surface area contributed by atoms with E-state index in [9.17, 15) is 22.4 Å². The van der Waals surface area contributed by atoms with Gasteiger partial charge in [-0.3, -0.25) is 9.59 Å². The fraction of sp³-hybridized carbons (Fsp3) is 0.529. The number of amides is 2. The molecule has 25 heavy (non-hydrogen) atoms. The van der Waals surface area contributed by atoms with E-state index in [0.29, 0.717) is 17.4 Å². The molecule has 2 aliphatic rings. The summed E-state index contributed by atoms with van der Waals surface area (Å²) in [5, 5.41) is 0. The number of hydrogen-bond acceptors (Lipinski definition) is 4. The maximum absolute atomic E-state index is 13.1. The van der Waals surface area contributed by atoms with Gasteiger partial charge in [-0.2, -0.15) is 0 Å². The Morgan fingerprint density at radius 2 is 1.64 bits per heavy atom. The minimum absolute atomic E-state index is 0.0185. The van der Waals surface area contributed by atoms with Crippen LogP contribution in [-0.2, 0) is 19.6 Å². The summed E-state index contributed by atoms with van der Waals surface area (Å²) in [4.78, 5) is 26.6. The number of nitrogens with zero attached hydrogens (tertiary/aromatic N) is 2. The Hall–Kier alpha value is -1.96. The minimum atomic E-state index is -4.18. The van der Waals surface area contributed by atoms with Crippen LogP contribution in [0, 0.1) is 5.82 Å². The predicted octanol–water partition coefficient (Wildman–Crippen LogP) is 1.91. The molecule has 1 aromatic carbocycles. The summed E-state index contributed by atoms with van der Waals surface area (Å²) < 4.78 is 39.4. The van der Waals surface area contributed by atoms with Crippen molar-refractivity contribution in [2.45, 2.75) is 49.5 Å². The van der Waals surface area contributed by atoms with Crippen molar-refractivity contribution < 1.29 is 22.4 Å². The third-order valence-corrected chi connectivity index (χ3v) is 6.58. The van der Waals surface area contributed by atoms with Crippen LogP contribution in [0.5, 0.6) is 0 Å². The molecular weight excluding hydrogens is 347 g/mol. The summed E-state index contributed by atoms with van der Waals surface area (Å²) in [5.41, 5.74) is 0. The molecule has 1 unspecified atom stereocenters. The lowest BCUT2D eigenvalue weighted by atomic mass is 10.2. The van der Waals surface area contributed by atoms with E-state index in [0.717, 1.165) is 49.9 Å². The van der Waals surface area contributed by atoms with Gasteiger partial charge in [0, 0.05) is 19.5 Å². The highest BCUT2D eigenvalue weighted by Crippen LogP contribution is 2.29. The molecule has 0 radical (unpaired) electrons. The van der Waals surface area contributed by atoms with Gasteiger partial charge in [0.1, 0.15) is 11.9 Å². The van der Waals surface area contributed by atoms with Gasteiger partial charge in [0.25, 0.3) is 10.0 Å². The molecule has 2 amide bonds. The molecule has 136 valence electrons. The Balaban J connectivity index is 1.88. The summed E-state index contributed by atoms with van der Waals surface area (Å²) in [7, 11) is -4.18. The highest BCUT2D eigenvalue weighted by Gasteiger charge is 2.45. The van der Waals surface area contributed by atoms with Gasteiger partial charge in [0.15, 0.2) is 0 Å². The van der Waals surface area contributed by atoms with Crippen molar-refractivity contribution >= 4 is 21.8 Å². The second kappa shape index (κ2) is 7.11. The van der Waals surface area contributed by atoms with E-state index >= 15 is 0 Å². The van der Waals surface area contributed by atoms with E-state index in [1.54, 1.807) is 4.90 Å². The van der Waals surface area contributed by atoms with E-state index in [-0.39, 0.29) is 23.6 Å². The lowest BCUT2D eigenvalue weighted by Gasteiger charge is -2.29. The third-order valence-electron chi connectivity index (χ3n) is 4.73. The topological polar surface area (TPSA) is 74.8 Å². The number of carbonyl (C=O) groups is 2. The SMILES string of the molecule is O=C(C1CCC(=O)N1S(=O)(=O)c1ccc(F)cc1)N1CCCCCC1. The summed E-state index contributed by atoms with van der Waals surface area (Å²) in [5.74, 6) is -1.46. The van der Waals surface area contributed by atoms with Crippen molar-refractivity contribution in [3.63, 3.8) is 0 Å². The van der Waals surface area contributed by atoms with Crippen LogP contribution in [0.3, 0.4) is 0 Å². The first-order chi connectivity index (χ1) is 11.9. The number of sulfonamides is 1. The van der Waals surface area contributed by atoms with Crippen LogP contribution in [0.2, 0.25) is 0 Å². The van der Waals surface area contributed by atoms with Gasteiger partial charge >= 0.3 is 0 Å². The minimum Gasteiger partial charge on any atom is -0.341 e. The van der Waals surface area contributed by atoms with Crippen LogP contribution in [0.25, 0.3) is 0 Å². The van der Waals surface area contributed by atoms with Crippen molar-refractivity contribution in [1.82, 2.24) is 9.21 Å². The van der Waals surface area contributed by atoms with Gasteiger partial charge in [0.2, 0.25) is 11.8 Å². The molecule has 0 saturated carbocycles. The van der Waals surface area contributed by atoms with Crippen molar-refractivity contribution in [1.29, 1.82) is 0 Å². The highest BCUT2D eigenvalue weighted by atomic mass is 32.2. The Bertz CT molecular complexity index is 755. The molecule has 0 aliphatic carbocycles. The summed E-state index contributed by atoms with van der Waals surface area (Å²) in [6, 6.07) is 3.28. The average molecular weight is 368 g/mol. The first-order valence-corrected chi connectivity index (χ1v) is 9.97. The number of rotatable bonds is 3. The van der Waals surface area contributed by atoms with Gasteiger partial charge in [-0.05, 0) is 43.5 Å². The first-order valence-electron chi connectivity index (χ1n) is 8.53. The molecule has 6 nitrogen and oxygen atoms in total. The molecule has 2 fully saturated rings. The van der Waals surface area contributed by atoms with Crippen molar-refractivity contribution in [2.75, 3.05) is 13.1 Å². The number of carbonyl (C=O) groups excluding carboxylic acids is 2. The number of hydrogen-bond donors (Lipinski definition) is 0. The smallest absolute Gasteiger partial charge is 0.267 e. The molecule has 2 heterocycles. The zero-order chi connectivity index (χ0) is 18.0. The number of benzene rings is 1. The summed E-state index contributed by atoms with van der Waals surface area (Å²) in [6.45, 7) is 1.18. The van der Waals surface area contributed by atoms with Gasteiger partial charge in [-0.25, -0.2) is 17.1 Å². The zero-order valence-electron chi connectivity index (χ0n) is 13.9. The second-order valence-electron chi connectivity index (χ2n) is 6.44. The maximum Gasteiger partial charge on any atom is 0.267 e. The second-order valence-corrected chi connectivity index (χ2v) is 8.26. The van der Waals surface area contributed by atoms with Gasteiger partial charge in [0.05, 0.1) is 4.90 Å². The van der Waals surface area contributed by atoms with Crippen LogP contribution >= 0.6 is 0 Å². The molecule has 2 saturated heterocycles. The molecular formula is C17H21FN2O4S. The third kappa shape index (κ3) is 3.53. The zero-order valence-corrected chi connectivity index (χ0v) is 14.7. The molecule has 1 atom stereocenters. The van der Waals surface area contributed by atoms with E-state index in [1.165, 1.54) is 0 Å². The molecule has 3 rings (SSSR count). The molecule has 0 spiro atoms. The molecule has 8 heteroatoms. The molecule has 0 aromatic heterocycles. The van der Waals surface area contributed by atoms with Gasteiger partial charge in [-0.15, -0.1) is 0 Å².